The summed E-state index contributed by atoms with van der Waals surface area (Å²) in [7, 11) is -4.17. The van der Waals surface area contributed by atoms with Crippen molar-refractivity contribution in [2.45, 2.75) is 38.4 Å². The second kappa shape index (κ2) is 5.98. The fourth-order valence-electron chi connectivity index (χ4n) is 0.967. The van der Waals surface area contributed by atoms with Gasteiger partial charge in [0.15, 0.2) is 0 Å². The predicted molar refractivity (Wildman–Crippen MR) is 58.5 cm³/mol. The Kier molecular flexibility index (Phi) is 5.85. The van der Waals surface area contributed by atoms with Gasteiger partial charge in [0, 0.05) is 12.1 Å². The van der Waals surface area contributed by atoms with Crippen LogP contribution in [0.2, 0.25) is 0 Å². The molecular weight excluding hydrogens is 259 g/mol. The van der Waals surface area contributed by atoms with Crippen LogP contribution in [-0.2, 0) is 10.2 Å². The predicted octanol–water partition coefficient (Wildman–Crippen LogP) is 0.490. The van der Waals surface area contributed by atoms with Gasteiger partial charge >= 0.3 is 6.18 Å². The third kappa shape index (κ3) is 7.53. The highest BCUT2D eigenvalue weighted by molar-refractivity contribution is 7.87. The first-order valence-electron chi connectivity index (χ1n) is 5.13. The van der Waals surface area contributed by atoms with Crippen LogP contribution < -0.4 is 15.2 Å². The molecule has 0 aliphatic carbocycles. The molecule has 4 N–H and O–H groups in total. The van der Waals surface area contributed by atoms with Crippen molar-refractivity contribution in [1.82, 2.24) is 9.44 Å². The van der Waals surface area contributed by atoms with Crippen molar-refractivity contribution in [3.63, 3.8) is 0 Å². The third-order valence-corrected chi connectivity index (χ3v) is 3.53. The summed E-state index contributed by atoms with van der Waals surface area (Å²) in [5.74, 6) is 0. The van der Waals surface area contributed by atoms with Gasteiger partial charge in [-0.05, 0) is 12.8 Å². The molecule has 9 heteroatoms. The van der Waals surface area contributed by atoms with Crippen molar-refractivity contribution in [2.24, 2.45) is 5.73 Å². The molecule has 0 aliphatic rings. The van der Waals surface area contributed by atoms with E-state index in [1.165, 1.54) is 4.72 Å². The summed E-state index contributed by atoms with van der Waals surface area (Å²) >= 11 is 0. The van der Waals surface area contributed by atoms with E-state index in [-0.39, 0.29) is 6.54 Å². The Labute approximate surface area is 99.1 Å². The number of rotatable bonds is 7. The summed E-state index contributed by atoms with van der Waals surface area (Å²) in [5.41, 5.74) is 5.07. The third-order valence-electron chi connectivity index (χ3n) is 2.49. The first-order valence-corrected chi connectivity index (χ1v) is 6.62. The van der Waals surface area contributed by atoms with Gasteiger partial charge < -0.3 is 5.73 Å². The number of hydrogen-bond donors (Lipinski definition) is 3. The van der Waals surface area contributed by atoms with Crippen molar-refractivity contribution < 1.29 is 21.6 Å². The van der Waals surface area contributed by atoms with Gasteiger partial charge in [-0.2, -0.15) is 26.3 Å². The highest BCUT2D eigenvalue weighted by atomic mass is 32.2. The van der Waals surface area contributed by atoms with Crippen LogP contribution in [-0.4, -0.2) is 33.2 Å². The van der Waals surface area contributed by atoms with Gasteiger partial charge in [0.2, 0.25) is 0 Å². The van der Waals surface area contributed by atoms with Crippen LogP contribution in [0.4, 0.5) is 13.2 Å². The van der Waals surface area contributed by atoms with Crippen molar-refractivity contribution in [3.8, 4) is 0 Å². The minimum Gasteiger partial charge on any atom is -0.324 e. The summed E-state index contributed by atoms with van der Waals surface area (Å²) in [6.45, 7) is 1.85. The zero-order valence-electron chi connectivity index (χ0n) is 9.76. The average molecular weight is 277 g/mol. The molecule has 0 spiro atoms. The molecule has 0 atom stereocenters. The second-order valence-electron chi connectivity index (χ2n) is 3.83. The summed E-state index contributed by atoms with van der Waals surface area (Å²) < 4.78 is 61.2. The maximum absolute atomic E-state index is 11.8. The molecular formula is C8H18F3N3O2S. The van der Waals surface area contributed by atoms with Crippen LogP contribution in [0.25, 0.3) is 0 Å². The van der Waals surface area contributed by atoms with E-state index in [0.717, 1.165) is 0 Å². The van der Waals surface area contributed by atoms with Crippen molar-refractivity contribution in [2.75, 3.05) is 13.1 Å². The van der Waals surface area contributed by atoms with Gasteiger partial charge in [-0.3, -0.25) is 0 Å². The van der Waals surface area contributed by atoms with E-state index in [2.05, 4.69) is 0 Å². The van der Waals surface area contributed by atoms with Gasteiger partial charge in [-0.15, -0.1) is 0 Å². The molecule has 5 nitrogen and oxygen atoms in total. The number of nitrogens with one attached hydrogen (secondary N) is 2. The van der Waals surface area contributed by atoms with E-state index < -0.39 is 28.5 Å². The molecule has 104 valence electrons. The lowest BCUT2D eigenvalue weighted by atomic mass is 9.95. The normalized spacial score (nSPS) is 14.0. The minimum atomic E-state index is -4.58. The van der Waals surface area contributed by atoms with Crippen LogP contribution in [0.1, 0.15) is 26.7 Å². The molecule has 0 bridgehead atoms. The van der Waals surface area contributed by atoms with E-state index in [4.69, 9.17) is 5.73 Å². The van der Waals surface area contributed by atoms with Crippen LogP contribution >= 0.6 is 0 Å². The first-order chi connectivity index (χ1) is 7.54. The Bertz CT molecular complexity index is 325. The van der Waals surface area contributed by atoms with Crippen molar-refractivity contribution in [3.05, 3.63) is 0 Å². The molecule has 0 heterocycles. The highest BCUT2D eigenvalue weighted by Crippen LogP contribution is 2.13. The molecule has 0 aromatic carbocycles. The van der Waals surface area contributed by atoms with E-state index in [1.54, 1.807) is 13.8 Å². The number of alkyl halides is 3. The van der Waals surface area contributed by atoms with Crippen molar-refractivity contribution >= 4 is 10.2 Å². The second-order valence-corrected chi connectivity index (χ2v) is 5.41. The number of nitrogens with two attached hydrogens (primary N) is 1. The van der Waals surface area contributed by atoms with Gasteiger partial charge in [-0.25, -0.2) is 4.72 Å². The quantitative estimate of drug-likeness (QED) is 0.633. The van der Waals surface area contributed by atoms with Crippen LogP contribution in [0.3, 0.4) is 0 Å². The summed E-state index contributed by atoms with van der Waals surface area (Å²) in [5, 5.41) is 0. The Morgan fingerprint density at radius 1 is 1.06 bits per heavy atom. The van der Waals surface area contributed by atoms with E-state index >= 15 is 0 Å². The zero-order chi connectivity index (χ0) is 13.7. The van der Waals surface area contributed by atoms with Gasteiger partial charge in [-0.1, -0.05) is 13.8 Å². The van der Waals surface area contributed by atoms with Gasteiger partial charge in [0.05, 0.1) is 0 Å². The van der Waals surface area contributed by atoms with Crippen LogP contribution in [0, 0.1) is 0 Å². The standard InChI is InChI=1S/C8H18F3N3O2S/c1-3-7(12,4-2)5-13-17(15,16)14-6-8(9,10)11/h13-14H,3-6,12H2,1-2H3. The average Bonchev–Trinajstić information content (AvgIpc) is 2.23. The van der Waals surface area contributed by atoms with Crippen LogP contribution in [0.15, 0.2) is 0 Å². The molecule has 0 rings (SSSR count). The molecule has 0 saturated heterocycles. The summed E-state index contributed by atoms with van der Waals surface area (Å²) in [6, 6.07) is 0. The monoisotopic (exact) mass is 277 g/mol. The maximum atomic E-state index is 11.8. The Morgan fingerprint density at radius 2 is 1.47 bits per heavy atom. The lowest BCUT2D eigenvalue weighted by Gasteiger charge is -2.26. The number of hydrogen-bond acceptors (Lipinski definition) is 3. The number of halogens is 3. The Morgan fingerprint density at radius 3 is 1.82 bits per heavy atom. The van der Waals surface area contributed by atoms with Crippen LogP contribution in [0.5, 0.6) is 0 Å². The summed E-state index contributed by atoms with van der Waals surface area (Å²) in [4.78, 5) is 0. The SMILES string of the molecule is CCC(N)(CC)CNS(=O)(=O)NCC(F)(F)F. The summed E-state index contributed by atoms with van der Waals surface area (Å²) in [6.07, 6.45) is -3.54. The lowest BCUT2D eigenvalue weighted by Crippen LogP contribution is -2.52. The fourth-order valence-corrected chi connectivity index (χ4v) is 1.90. The van der Waals surface area contributed by atoms with Gasteiger partial charge in [0.25, 0.3) is 10.2 Å². The van der Waals surface area contributed by atoms with Crippen molar-refractivity contribution in [1.29, 1.82) is 0 Å². The molecule has 0 fully saturated rings. The molecule has 0 aromatic rings. The topological polar surface area (TPSA) is 84.2 Å². The minimum absolute atomic E-state index is 0.104. The Hall–Kier alpha value is -0.380. The van der Waals surface area contributed by atoms with E-state index in [0.29, 0.717) is 12.8 Å². The molecule has 0 aliphatic heterocycles. The zero-order valence-corrected chi connectivity index (χ0v) is 10.6. The molecule has 0 unspecified atom stereocenters. The van der Waals surface area contributed by atoms with Gasteiger partial charge in [0.1, 0.15) is 6.54 Å². The molecule has 0 aromatic heterocycles. The molecule has 0 radical (unpaired) electrons. The van der Waals surface area contributed by atoms with E-state index in [9.17, 15) is 21.6 Å². The highest BCUT2D eigenvalue weighted by Gasteiger charge is 2.30. The van der Waals surface area contributed by atoms with E-state index in [1.807, 2.05) is 4.72 Å². The maximum Gasteiger partial charge on any atom is 0.402 e. The lowest BCUT2D eigenvalue weighted by molar-refractivity contribution is -0.121. The fraction of sp³-hybridized carbons (Fsp3) is 1.00. The Balaban J connectivity index is 4.28. The molecule has 0 amide bonds. The molecule has 17 heavy (non-hydrogen) atoms. The molecule has 0 saturated carbocycles. The smallest absolute Gasteiger partial charge is 0.324 e. The largest absolute Gasteiger partial charge is 0.402 e. The first kappa shape index (κ1) is 16.6.